The van der Waals surface area contributed by atoms with Gasteiger partial charge in [0.05, 0.1) is 0 Å². The minimum atomic E-state index is 0.00905. The monoisotopic (exact) mass is 364 g/mol. The summed E-state index contributed by atoms with van der Waals surface area (Å²) in [6.07, 6.45) is 1.92. The average Bonchev–Trinajstić information content (AvgIpc) is 2.70. The van der Waals surface area contributed by atoms with Crippen molar-refractivity contribution < 1.29 is 4.79 Å². The van der Waals surface area contributed by atoms with Crippen LogP contribution in [0.3, 0.4) is 0 Å². The summed E-state index contributed by atoms with van der Waals surface area (Å²) in [5, 5.41) is 3.47. The summed E-state index contributed by atoms with van der Waals surface area (Å²) in [5.74, 6) is 0.824. The molecular weight excluding hydrogens is 336 g/mol. The van der Waals surface area contributed by atoms with E-state index in [4.69, 9.17) is 0 Å². The second kappa shape index (κ2) is 9.21. The first-order chi connectivity index (χ1) is 13.1. The molecule has 0 unspecified atom stereocenters. The number of amides is 1. The second-order valence-corrected chi connectivity index (χ2v) is 7.03. The predicted octanol–water partition coefficient (Wildman–Crippen LogP) is 2.32. The predicted molar refractivity (Wildman–Crippen MR) is 110 cm³/mol. The third kappa shape index (κ3) is 5.33. The highest BCUT2D eigenvalue weighted by Crippen LogP contribution is 2.18. The number of fused-ring (bicyclic) bond motifs is 1. The van der Waals surface area contributed by atoms with E-state index < -0.39 is 0 Å². The van der Waals surface area contributed by atoms with E-state index in [0.717, 1.165) is 38.4 Å². The van der Waals surface area contributed by atoms with Crippen molar-refractivity contribution in [1.29, 1.82) is 0 Å². The van der Waals surface area contributed by atoms with Gasteiger partial charge < -0.3 is 15.1 Å². The second-order valence-electron chi connectivity index (χ2n) is 7.03. The molecule has 0 saturated heterocycles. The largest absolute Gasteiger partial charge is 0.356 e. The van der Waals surface area contributed by atoms with E-state index in [2.05, 4.69) is 63.7 Å². The van der Waals surface area contributed by atoms with Crippen molar-refractivity contribution in [1.82, 2.24) is 15.1 Å². The Balaban J connectivity index is 1.67. The number of carbonyl (C=O) groups excluding carboxylic acids is 1. The summed E-state index contributed by atoms with van der Waals surface area (Å²) in [5.41, 5.74) is 4.03. The van der Waals surface area contributed by atoms with Crippen molar-refractivity contribution in [3.8, 4) is 0 Å². The van der Waals surface area contributed by atoms with Crippen LogP contribution in [0.4, 0.5) is 0 Å². The van der Waals surface area contributed by atoms with E-state index >= 15 is 0 Å². The molecule has 5 heteroatoms. The number of likely N-dealkylation sites (N-methyl/N-ethyl adjacent to an activating group) is 1. The van der Waals surface area contributed by atoms with Gasteiger partial charge in [-0.15, -0.1) is 0 Å². The molecule has 27 heavy (non-hydrogen) atoms. The molecule has 1 heterocycles. The van der Waals surface area contributed by atoms with Gasteiger partial charge in [-0.1, -0.05) is 54.6 Å². The van der Waals surface area contributed by atoms with E-state index in [1.165, 1.54) is 16.7 Å². The number of nitrogens with one attached hydrogen (secondary N) is 1. The lowest BCUT2D eigenvalue weighted by Gasteiger charge is -2.32. The summed E-state index contributed by atoms with van der Waals surface area (Å²) < 4.78 is 0. The fourth-order valence-corrected chi connectivity index (χ4v) is 3.19. The molecule has 5 nitrogen and oxygen atoms in total. The zero-order valence-electron chi connectivity index (χ0n) is 16.2. The molecule has 0 spiro atoms. The lowest BCUT2D eigenvalue weighted by atomic mass is 10.0. The highest BCUT2D eigenvalue weighted by molar-refractivity contribution is 5.85. The smallest absolute Gasteiger partial charge is 0.243 e. The Morgan fingerprint density at radius 2 is 1.78 bits per heavy atom. The van der Waals surface area contributed by atoms with E-state index in [1.807, 2.05) is 6.07 Å². The van der Waals surface area contributed by atoms with Crippen LogP contribution in [0.15, 0.2) is 59.6 Å². The van der Waals surface area contributed by atoms with Gasteiger partial charge in [-0.05, 0) is 29.5 Å². The van der Waals surface area contributed by atoms with Gasteiger partial charge >= 0.3 is 0 Å². The van der Waals surface area contributed by atoms with Gasteiger partial charge in [0.2, 0.25) is 5.91 Å². The summed E-state index contributed by atoms with van der Waals surface area (Å²) in [4.78, 5) is 20.4. The first-order valence-electron chi connectivity index (χ1n) is 9.47. The Morgan fingerprint density at radius 3 is 2.52 bits per heavy atom. The van der Waals surface area contributed by atoms with Gasteiger partial charge in [-0.3, -0.25) is 4.79 Å². The topological polar surface area (TPSA) is 47.9 Å². The number of rotatable bonds is 5. The normalized spacial score (nSPS) is 13.9. The zero-order valence-corrected chi connectivity index (χ0v) is 16.2. The van der Waals surface area contributed by atoms with Gasteiger partial charge in [-0.2, -0.15) is 0 Å². The summed E-state index contributed by atoms with van der Waals surface area (Å²) >= 11 is 0. The molecule has 1 aliphatic rings. The molecule has 3 rings (SSSR count). The number of guanidine groups is 1. The van der Waals surface area contributed by atoms with Crippen LogP contribution in [0.25, 0.3) is 0 Å². The minimum absolute atomic E-state index is 0.00905. The molecule has 0 atom stereocenters. The average molecular weight is 364 g/mol. The molecule has 0 radical (unpaired) electrons. The highest BCUT2D eigenvalue weighted by Gasteiger charge is 2.19. The third-order valence-corrected chi connectivity index (χ3v) is 4.83. The molecule has 2 aromatic carbocycles. The van der Waals surface area contributed by atoms with Gasteiger partial charge in [-0.25, -0.2) is 4.99 Å². The Kier molecular flexibility index (Phi) is 6.47. The molecule has 0 fully saturated rings. The lowest BCUT2D eigenvalue weighted by Crippen LogP contribution is -2.45. The Morgan fingerprint density at radius 1 is 1.07 bits per heavy atom. The molecule has 1 amide bonds. The van der Waals surface area contributed by atoms with Crippen LogP contribution >= 0.6 is 0 Å². The van der Waals surface area contributed by atoms with Crippen molar-refractivity contribution >= 4 is 11.9 Å². The fraction of sp³-hybridized carbons (Fsp3) is 0.364. The maximum absolute atomic E-state index is 12.0. The Hall–Kier alpha value is -2.82. The van der Waals surface area contributed by atoms with Crippen LogP contribution in [0.1, 0.15) is 16.7 Å². The Labute approximate surface area is 161 Å². The summed E-state index contributed by atoms with van der Waals surface area (Å²) in [6.45, 7) is 2.68. The Bertz CT molecular complexity index is 786. The van der Waals surface area contributed by atoms with Crippen LogP contribution in [0, 0.1) is 0 Å². The fourth-order valence-electron chi connectivity index (χ4n) is 3.19. The van der Waals surface area contributed by atoms with Crippen molar-refractivity contribution in [2.75, 3.05) is 33.7 Å². The lowest BCUT2D eigenvalue weighted by molar-refractivity contribution is -0.127. The van der Waals surface area contributed by atoms with Crippen LogP contribution < -0.4 is 5.32 Å². The van der Waals surface area contributed by atoms with Crippen molar-refractivity contribution in [3.05, 3.63) is 71.3 Å². The van der Waals surface area contributed by atoms with Crippen LogP contribution in [0.5, 0.6) is 0 Å². The number of hydrogen-bond acceptors (Lipinski definition) is 2. The summed E-state index contributed by atoms with van der Waals surface area (Å²) in [6, 6.07) is 19.0. The molecule has 1 aliphatic heterocycles. The van der Waals surface area contributed by atoms with E-state index in [-0.39, 0.29) is 12.5 Å². The van der Waals surface area contributed by atoms with Crippen LogP contribution in [0.2, 0.25) is 0 Å². The SMILES string of the molecule is CN(C)C(=O)CN=C(NCCc1ccccc1)N1CCc2ccccc2C1. The van der Waals surface area contributed by atoms with E-state index in [1.54, 1.807) is 19.0 Å². The molecule has 142 valence electrons. The minimum Gasteiger partial charge on any atom is -0.356 e. The quantitative estimate of drug-likeness (QED) is 0.654. The number of nitrogens with zero attached hydrogens (tertiary/aromatic N) is 3. The zero-order chi connectivity index (χ0) is 19.1. The maximum atomic E-state index is 12.0. The maximum Gasteiger partial charge on any atom is 0.243 e. The standard InChI is InChI=1S/C22H28N4O/c1-25(2)21(27)16-24-22(23-14-12-18-8-4-3-5-9-18)26-15-13-19-10-6-7-11-20(19)17-26/h3-11H,12-17H2,1-2H3,(H,23,24). The van der Waals surface area contributed by atoms with Crippen molar-refractivity contribution in [2.45, 2.75) is 19.4 Å². The molecule has 0 bridgehead atoms. The van der Waals surface area contributed by atoms with E-state index in [9.17, 15) is 4.79 Å². The number of benzene rings is 2. The van der Waals surface area contributed by atoms with Gasteiger partial charge in [0.1, 0.15) is 6.54 Å². The van der Waals surface area contributed by atoms with Gasteiger partial charge in [0.15, 0.2) is 5.96 Å². The van der Waals surface area contributed by atoms with Crippen LogP contribution in [-0.4, -0.2) is 55.4 Å². The molecule has 0 aliphatic carbocycles. The van der Waals surface area contributed by atoms with Crippen molar-refractivity contribution in [3.63, 3.8) is 0 Å². The van der Waals surface area contributed by atoms with Gasteiger partial charge in [0.25, 0.3) is 0 Å². The molecule has 0 saturated carbocycles. The molecule has 0 aromatic heterocycles. The first-order valence-corrected chi connectivity index (χ1v) is 9.47. The first kappa shape index (κ1) is 19.0. The number of hydrogen-bond donors (Lipinski definition) is 1. The van der Waals surface area contributed by atoms with Crippen molar-refractivity contribution in [2.24, 2.45) is 4.99 Å². The number of carbonyl (C=O) groups is 1. The number of aliphatic imine (C=N–C) groups is 1. The molecule has 2 aromatic rings. The van der Waals surface area contributed by atoms with Crippen LogP contribution in [-0.2, 0) is 24.2 Å². The van der Waals surface area contributed by atoms with Gasteiger partial charge in [0, 0.05) is 33.7 Å². The van der Waals surface area contributed by atoms with E-state index in [0.29, 0.717) is 0 Å². The molecule has 1 N–H and O–H groups in total. The third-order valence-electron chi connectivity index (χ3n) is 4.83. The highest BCUT2D eigenvalue weighted by atomic mass is 16.2. The molecular formula is C22H28N4O. The summed E-state index contributed by atoms with van der Waals surface area (Å²) in [7, 11) is 3.52.